The van der Waals surface area contributed by atoms with Gasteiger partial charge in [0, 0.05) is 0 Å². The third kappa shape index (κ3) is 4.16. The molecule has 3 aromatic rings. The summed E-state index contributed by atoms with van der Waals surface area (Å²) >= 11 is 0. The average Bonchev–Trinajstić information content (AvgIpc) is 3.24. The highest BCUT2D eigenvalue weighted by atomic mass is 16.7. The second kappa shape index (κ2) is 8.08. The molecule has 0 spiro atoms. The van der Waals surface area contributed by atoms with E-state index in [2.05, 4.69) is 48.5 Å². The van der Waals surface area contributed by atoms with E-state index < -0.39 is 0 Å². The van der Waals surface area contributed by atoms with Crippen LogP contribution in [0.2, 0.25) is 0 Å². The molecule has 0 atom stereocenters. The smallest absolute Gasteiger partial charge is 0.231 e. The number of hydrogen-bond donors (Lipinski definition) is 0. The predicted molar refractivity (Wildman–Crippen MR) is 111 cm³/mol. The summed E-state index contributed by atoms with van der Waals surface area (Å²) in [4.78, 5) is 0. The van der Waals surface area contributed by atoms with Gasteiger partial charge < -0.3 is 18.9 Å². The highest BCUT2D eigenvalue weighted by Crippen LogP contribution is 2.33. The Morgan fingerprint density at radius 2 is 0.966 bits per heavy atom. The Bertz CT molecular complexity index is 1010. The molecule has 5 rings (SSSR count). The quantitative estimate of drug-likeness (QED) is 0.610. The Kier molecular flexibility index (Phi) is 4.99. The van der Waals surface area contributed by atoms with E-state index >= 15 is 0 Å². The number of fused-ring (bicyclic) bond motifs is 2. The molecule has 0 fully saturated rings. The number of aryl methyl sites for hydroxylation is 4. The van der Waals surface area contributed by atoms with Crippen LogP contribution in [-0.4, -0.2) is 20.0 Å². The van der Waals surface area contributed by atoms with Crippen LogP contribution in [0.3, 0.4) is 0 Å². The van der Waals surface area contributed by atoms with Crippen molar-refractivity contribution < 1.29 is 18.9 Å². The van der Waals surface area contributed by atoms with Crippen LogP contribution in [-0.2, 0) is 25.7 Å². The third-order valence-corrected chi connectivity index (χ3v) is 5.44. The van der Waals surface area contributed by atoms with Gasteiger partial charge in [-0.2, -0.15) is 0 Å². The van der Waals surface area contributed by atoms with E-state index in [9.17, 15) is 0 Å². The molecule has 0 saturated heterocycles. The summed E-state index contributed by atoms with van der Waals surface area (Å²) in [6.07, 6.45) is 4.00. The molecular weight excluding hydrogens is 364 g/mol. The topological polar surface area (TPSA) is 36.9 Å². The fourth-order valence-electron chi connectivity index (χ4n) is 3.86. The zero-order valence-corrected chi connectivity index (χ0v) is 16.4. The molecule has 0 radical (unpaired) electrons. The lowest BCUT2D eigenvalue weighted by molar-refractivity contribution is 0.171. The molecule has 4 nitrogen and oxygen atoms in total. The summed E-state index contributed by atoms with van der Waals surface area (Å²) < 4.78 is 22.2. The number of rotatable bonds is 6. The molecule has 4 heteroatoms. The first-order valence-corrected chi connectivity index (χ1v) is 10.2. The number of ether oxygens (including phenoxy) is 4. The van der Waals surface area contributed by atoms with E-state index in [-0.39, 0.29) is 0 Å². The Morgan fingerprint density at radius 1 is 0.483 bits per heavy atom. The summed E-state index contributed by atoms with van der Waals surface area (Å²) in [5.74, 6) is 3.42. The van der Waals surface area contributed by atoms with Gasteiger partial charge in [0.05, 0.1) is 0 Å². The largest absolute Gasteiger partial charge is 0.486 e. The van der Waals surface area contributed by atoms with Gasteiger partial charge in [-0.15, -0.1) is 0 Å². The Morgan fingerprint density at radius 3 is 1.62 bits per heavy atom. The molecule has 0 aliphatic carbocycles. The molecule has 0 amide bonds. The Labute approximate surface area is 171 Å². The van der Waals surface area contributed by atoms with Crippen LogP contribution in [0.5, 0.6) is 23.0 Å². The normalized spacial score (nSPS) is 14.1. The molecule has 29 heavy (non-hydrogen) atoms. The lowest BCUT2D eigenvalue weighted by Crippen LogP contribution is -2.15. The summed E-state index contributed by atoms with van der Waals surface area (Å²) in [7, 11) is 0. The van der Waals surface area contributed by atoms with Crippen molar-refractivity contribution in [2.75, 3.05) is 20.0 Å². The first-order valence-electron chi connectivity index (χ1n) is 10.2. The van der Waals surface area contributed by atoms with Crippen molar-refractivity contribution in [1.29, 1.82) is 0 Å². The zero-order valence-electron chi connectivity index (χ0n) is 16.4. The van der Waals surface area contributed by atoms with Gasteiger partial charge in [0.1, 0.15) is 13.2 Å². The van der Waals surface area contributed by atoms with E-state index in [4.69, 9.17) is 18.9 Å². The second-order valence-electron chi connectivity index (χ2n) is 7.49. The SMILES string of the molecule is c1cc(CCc2ccc3c(c2)OCCO3)cc(CCc2ccc3c(c2)OCO3)c1. The maximum Gasteiger partial charge on any atom is 0.231 e. The molecule has 0 bridgehead atoms. The standard InChI is InChI=1S/C25H24O4/c1-2-18(4-6-20-8-10-22-24(15-20)27-13-12-26-22)14-19(3-1)5-7-21-9-11-23-25(16-21)29-17-28-23/h1-3,8-11,14-16H,4-7,12-13,17H2. The molecule has 3 aromatic carbocycles. The molecule has 148 valence electrons. The van der Waals surface area contributed by atoms with Crippen LogP contribution in [0.25, 0.3) is 0 Å². The number of hydrogen-bond acceptors (Lipinski definition) is 4. The van der Waals surface area contributed by atoms with Crippen LogP contribution in [0.4, 0.5) is 0 Å². The number of benzene rings is 3. The molecule has 2 heterocycles. The Hall–Kier alpha value is -3.14. The minimum absolute atomic E-state index is 0.324. The van der Waals surface area contributed by atoms with Crippen LogP contribution < -0.4 is 18.9 Å². The summed E-state index contributed by atoms with van der Waals surface area (Å²) in [6, 6.07) is 21.4. The van der Waals surface area contributed by atoms with Crippen molar-refractivity contribution in [1.82, 2.24) is 0 Å². The van der Waals surface area contributed by atoms with Crippen molar-refractivity contribution in [3.05, 3.63) is 82.9 Å². The highest BCUT2D eigenvalue weighted by molar-refractivity contribution is 5.45. The van der Waals surface area contributed by atoms with E-state index in [1.165, 1.54) is 22.3 Å². The predicted octanol–water partition coefficient (Wildman–Crippen LogP) is 4.76. The van der Waals surface area contributed by atoms with E-state index in [0.29, 0.717) is 20.0 Å². The molecule has 2 aliphatic rings. The summed E-state index contributed by atoms with van der Waals surface area (Å²) in [5, 5.41) is 0. The Balaban J connectivity index is 1.20. The molecular formula is C25H24O4. The van der Waals surface area contributed by atoms with Gasteiger partial charge in [0.25, 0.3) is 0 Å². The summed E-state index contributed by atoms with van der Waals surface area (Å²) in [6.45, 7) is 1.58. The second-order valence-corrected chi connectivity index (χ2v) is 7.49. The maximum atomic E-state index is 5.70. The lowest BCUT2D eigenvalue weighted by atomic mass is 9.99. The first kappa shape index (κ1) is 17.9. The van der Waals surface area contributed by atoms with E-state index in [1.54, 1.807) is 0 Å². The van der Waals surface area contributed by atoms with Crippen LogP contribution in [0.15, 0.2) is 60.7 Å². The van der Waals surface area contributed by atoms with Gasteiger partial charge >= 0.3 is 0 Å². The van der Waals surface area contributed by atoms with Crippen molar-refractivity contribution >= 4 is 0 Å². The monoisotopic (exact) mass is 388 g/mol. The fraction of sp³-hybridized carbons (Fsp3) is 0.280. The van der Waals surface area contributed by atoms with E-state index in [1.807, 2.05) is 12.1 Å². The zero-order chi connectivity index (χ0) is 19.5. The first-order chi connectivity index (χ1) is 14.3. The molecule has 0 unspecified atom stereocenters. The molecule has 2 aliphatic heterocycles. The van der Waals surface area contributed by atoms with Crippen molar-refractivity contribution in [2.24, 2.45) is 0 Å². The van der Waals surface area contributed by atoms with Crippen molar-refractivity contribution in [3.8, 4) is 23.0 Å². The van der Waals surface area contributed by atoms with Crippen LogP contribution >= 0.6 is 0 Å². The third-order valence-electron chi connectivity index (χ3n) is 5.44. The maximum absolute atomic E-state index is 5.70. The van der Waals surface area contributed by atoms with Crippen LogP contribution in [0.1, 0.15) is 22.3 Å². The molecule has 0 N–H and O–H groups in total. The van der Waals surface area contributed by atoms with Gasteiger partial charge in [-0.25, -0.2) is 0 Å². The highest BCUT2D eigenvalue weighted by Gasteiger charge is 2.13. The lowest BCUT2D eigenvalue weighted by Gasteiger charge is -2.18. The minimum Gasteiger partial charge on any atom is -0.486 e. The van der Waals surface area contributed by atoms with Crippen molar-refractivity contribution in [3.63, 3.8) is 0 Å². The van der Waals surface area contributed by atoms with Gasteiger partial charge in [-0.3, -0.25) is 0 Å². The van der Waals surface area contributed by atoms with E-state index in [0.717, 1.165) is 48.7 Å². The van der Waals surface area contributed by atoms with Gasteiger partial charge in [0.15, 0.2) is 23.0 Å². The van der Waals surface area contributed by atoms with Crippen molar-refractivity contribution in [2.45, 2.75) is 25.7 Å². The van der Waals surface area contributed by atoms with Gasteiger partial charge in [-0.1, -0.05) is 36.4 Å². The minimum atomic E-state index is 0.324. The molecule has 0 saturated carbocycles. The molecule has 0 aromatic heterocycles. The van der Waals surface area contributed by atoms with Gasteiger partial charge in [-0.05, 0) is 72.2 Å². The summed E-state index contributed by atoms with van der Waals surface area (Å²) in [5.41, 5.74) is 5.28. The van der Waals surface area contributed by atoms with Gasteiger partial charge in [0.2, 0.25) is 6.79 Å². The fourth-order valence-corrected chi connectivity index (χ4v) is 3.86. The average molecular weight is 388 g/mol. The van der Waals surface area contributed by atoms with Crippen LogP contribution in [0, 0.1) is 0 Å².